The van der Waals surface area contributed by atoms with E-state index in [1.54, 1.807) is 17.2 Å². The van der Waals surface area contributed by atoms with E-state index in [0.29, 0.717) is 18.9 Å². The van der Waals surface area contributed by atoms with Gasteiger partial charge in [-0.25, -0.2) is 4.79 Å². The molecule has 5 heteroatoms. The summed E-state index contributed by atoms with van der Waals surface area (Å²) in [7, 11) is 0. The first kappa shape index (κ1) is 7.49. The van der Waals surface area contributed by atoms with Crippen molar-refractivity contribution in [3.63, 3.8) is 0 Å². The molecule has 1 aromatic rings. The van der Waals surface area contributed by atoms with Crippen LogP contribution in [0, 0.1) is 0 Å². The minimum atomic E-state index is -0.109. The smallest absolute Gasteiger partial charge is 0.305 e. The van der Waals surface area contributed by atoms with E-state index in [1.807, 2.05) is 6.07 Å². The minimum Gasteiger partial charge on any atom is -0.305 e. The highest BCUT2D eigenvalue weighted by molar-refractivity contribution is 6.17. The standard InChI is InChI=1S/C9H8N4O/c14-9-12-6-2-1-3-10-7(6)8-11-4-5-13(8)9/h1-3H,4-5H2,(H,12,14). The van der Waals surface area contributed by atoms with Crippen molar-refractivity contribution < 1.29 is 4.79 Å². The predicted molar refractivity (Wildman–Crippen MR) is 51.4 cm³/mol. The Morgan fingerprint density at radius 1 is 1.50 bits per heavy atom. The summed E-state index contributed by atoms with van der Waals surface area (Å²) in [4.78, 5) is 21.6. The van der Waals surface area contributed by atoms with Gasteiger partial charge in [0.15, 0.2) is 5.84 Å². The molecule has 0 saturated carbocycles. The molecule has 1 N–H and O–H groups in total. The Hall–Kier alpha value is -1.91. The molecule has 0 unspecified atom stereocenters. The third-order valence-corrected chi connectivity index (χ3v) is 2.35. The van der Waals surface area contributed by atoms with Crippen LogP contribution in [-0.2, 0) is 0 Å². The molecule has 1 aromatic heterocycles. The van der Waals surface area contributed by atoms with Crippen molar-refractivity contribution in [2.24, 2.45) is 4.99 Å². The summed E-state index contributed by atoms with van der Waals surface area (Å²) in [6, 6.07) is 3.52. The van der Waals surface area contributed by atoms with Gasteiger partial charge in [-0.05, 0) is 12.1 Å². The summed E-state index contributed by atoms with van der Waals surface area (Å²) in [5.74, 6) is 0.698. The fourth-order valence-corrected chi connectivity index (χ4v) is 1.71. The molecule has 3 rings (SSSR count). The molecule has 2 aliphatic rings. The quantitative estimate of drug-likeness (QED) is 0.651. The van der Waals surface area contributed by atoms with Crippen molar-refractivity contribution in [1.82, 2.24) is 9.88 Å². The van der Waals surface area contributed by atoms with Crippen LogP contribution < -0.4 is 5.32 Å². The van der Waals surface area contributed by atoms with Gasteiger partial charge in [-0.2, -0.15) is 0 Å². The van der Waals surface area contributed by atoms with Crippen molar-refractivity contribution in [2.45, 2.75) is 0 Å². The fourth-order valence-electron chi connectivity index (χ4n) is 1.71. The van der Waals surface area contributed by atoms with Gasteiger partial charge in [0.25, 0.3) is 0 Å². The van der Waals surface area contributed by atoms with E-state index >= 15 is 0 Å². The molecule has 14 heavy (non-hydrogen) atoms. The number of amides is 2. The number of aromatic nitrogens is 1. The lowest BCUT2D eigenvalue weighted by Gasteiger charge is -2.25. The van der Waals surface area contributed by atoms with Crippen LogP contribution in [0.3, 0.4) is 0 Å². The van der Waals surface area contributed by atoms with E-state index < -0.39 is 0 Å². The monoisotopic (exact) mass is 188 g/mol. The molecule has 3 heterocycles. The lowest BCUT2D eigenvalue weighted by atomic mass is 10.2. The molecule has 0 aromatic carbocycles. The van der Waals surface area contributed by atoms with Crippen LogP contribution in [0.15, 0.2) is 23.3 Å². The summed E-state index contributed by atoms with van der Waals surface area (Å²) >= 11 is 0. The normalized spacial score (nSPS) is 18.4. The van der Waals surface area contributed by atoms with E-state index in [0.717, 1.165) is 11.4 Å². The second-order valence-corrected chi connectivity index (χ2v) is 3.19. The molecule has 2 aliphatic heterocycles. The van der Waals surface area contributed by atoms with E-state index in [9.17, 15) is 4.79 Å². The maximum Gasteiger partial charge on any atom is 0.327 e. The molecule has 0 spiro atoms. The molecule has 5 nitrogen and oxygen atoms in total. The van der Waals surface area contributed by atoms with E-state index in [-0.39, 0.29) is 6.03 Å². The van der Waals surface area contributed by atoms with E-state index in [2.05, 4.69) is 15.3 Å². The number of carbonyl (C=O) groups is 1. The number of pyridine rings is 1. The topological polar surface area (TPSA) is 57.6 Å². The largest absolute Gasteiger partial charge is 0.327 e. The van der Waals surface area contributed by atoms with Crippen molar-refractivity contribution in [3.05, 3.63) is 24.0 Å². The molecule has 0 bridgehead atoms. The summed E-state index contributed by atoms with van der Waals surface area (Å²) < 4.78 is 0. The number of nitrogens with one attached hydrogen (secondary N) is 1. The number of amidine groups is 1. The van der Waals surface area contributed by atoms with Gasteiger partial charge in [0.1, 0.15) is 5.69 Å². The average molecular weight is 188 g/mol. The number of urea groups is 1. The molecule has 0 aliphatic carbocycles. The second-order valence-electron chi connectivity index (χ2n) is 3.19. The zero-order valence-electron chi connectivity index (χ0n) is 7.40. The Morgan fingerprint density at radius 3 is 3.36 bits per heavy atom. The summed E-state index contributed by atoms with van der Waals surface area (Å²) in [5, 5.41) is 2.77. The first-order valence-electron chi connectivity index (χ1n) is 4.44. The number of hydrogen-bond donors (Lipinski definition) is 1. The van der Waals surface area contributed by atoms with Gasteiger partial charge in [-0.1, -0.05) is 0 Å². The zero-order chi connectivity index (χ0) is 9.54. The van der Waals surface area contributed by atoms with Gasteiger partial charge < -0.3 is 5.32 Å². The molecule has 0 saturated heterocycles. The molecular weight excluding hydrogens is 180 g/mol. The highest BCUT2D eigenvalue weighted by Gasteiger charge is 2.32. The number of anilines is 1. The van der Waals surface area contributed by atoms with E-state index in [4.69, 9.17) is 0 Å². The third-order valence-electron chi connectivity index (χ3n) is 2.35. The predicted octanol–water partition coefficient (Wildman–Crippen LogP) is 0.689. The van der Waals surface area contributed by atoms with Crippen molar-refractivity contribution >= 4 is 17.6 Å². The SMILES string of the molecule is O=C1Nc2cccnc2C2=NCCN12. The number of rotatable bonds is 0. The van der Waals surface area contributed by atoms with Gasteiger partial charge in [0, 0.05) is 12.7 Å². The van der Waals surface area contributed by atoms with Gasteiger partial charge >= 0.3 is 6.03 Å². The molecule has 0 fully saturated rings. The van der Waals surface area contributed by atoms with Crippen molar-refractivity contribution in [1.29, 1.82) is 0 Å². The van der Waals surface area contributed by atoms with Gasteiger partial charge in [0.05, 0.1) is 12.2 Å². The maximum absolute atomic E-state index is 11.5. The van der Waals surface area contributed by atoms with Crippen molar-refractivity contribution in [3.8, 4) is 0 Å². The molecule has 2 amide bonds. The Bertz CT molecular complexity index is 440. The van der Waals surface area contributed by atoms with Crippen LogP contribution in [-0.4, -0.2) is 34.8 Å². The molecular formula is C9H8N4O. The van der Waals surface area contributed by atoms with Gasteiger partial charge in [-0.15, -0.1) is 0 Å². The van der Waals surface area contributed by atoms with Gasteiger partial charge in [0.2, 0.25) is 0 Å². The molecule has 70 valence electrons. The Balaban J connectivity index is 2.20. The highest BCUT2D eigenvalue weighted by Crippen LogP contribution is 2.23. The molecule has 0 radical (unpaired) electrons. The Kier molecular flexibility index (Phi) is 1.36. The lowest BCUT2D eigenvalue weighted by Crippen LogP contribution is -2.42. The number of nitrogens with zero attached hydrogens (tertiary/aromatic N) is 3. The van der Waals surface area contributed by atoms with Crippen molar-refractivity contribution in [2.75, 3.05) is 18.4 Å². The number of aliphatic imine (C=N–C) groups is 1. The van der Waals surface area contributed by atoms with Crippen LogP contribution in [0.25, 0.3) is 0 Å². The average Bonchev–Trinajstić information content (AvgIpc) is 2.67. The first-order valence-corrected chi connectivity index (χ1v) is 4.44. The summed E-state index contributed by atoms with van der Waals surface area (Å²) in [6.45, 7) is 1.32. The maximum atomic E-state index is 11.5. The van der Waals surface area contributed by atoms with Crippen LogP contribution in [0.1, 0.15) is 5.69 Å². The first-order chi connectivity index (χ1) is 6.86. The minimum absolute atomic E-state index is 0.109. The van der Waals surface area contributed by atoms with Gasteiger partial charge in [-0.3, -0.25) is 14.9 Å². The number of fused-ring (bicyclic) bond motifs is 3. The molecule has 0 atom stereocenters. The summed E-state index contributed by atoms with van der Waals surface area (Å²) in [5.41, 5.74) is 1.51. The second kappa shape index (κ2) is 2.54. The number of carbonyl (C=O) groups excluding carboxylic acids is 1. The Labute approximate surface area is 80.5 Å². The van der Waals surface area contributed by atoms with Crippen LogP contribution >= 0.6 is 0 Å². The van der Waals surface area contributed by atoms with Crippen LogP contribution in [0.2, 0.25) is 0 Å². The van der Waals surface area contributed by atoms with E-state index in [1.165, 1.54) is 0 Å². The third kappa shape index (κ3) is 0.863. The fraction of sp³-hybridized carbons (Fsp3) is 0.222. The highest BCUT2D eigenvalue weighted by atomic mass is 16.2. The van der Waals surface area contributed by atoms with Crippen LogP contribution in [0.4, 0.5) is 10.5 Å². The number of hydrogen-bond acceptors (Lipinski definition) is 3. The van der Waals surface area contributed by atoms with Crippen LogP contribution in [0.5, 0.6) is 0 Å². The zero-order valence-corrected chi connectivity index (χ0v) is 7.40. The lowest BCUT2D eigenvalue weighted by molar-refractivity contribution is 0.235. The summed E-state index contributed by atoms with van der Waals surface area (Å²) in [6.07, 6.45) is 1.70. The Morgan fingerprint density at radius 2 is 2.43 bits per heavy atom.